The maximum atomic E-state index is 13.4. The van der Waals surface area contributed by atoms with E-state index >= 15 is 0 Å². The summed E-state index contributed by atoms with van der Waals surface area (Å²) in [5.74, 6) is -1.50. The van der Waals surface area contributed by atoms with Gasteiger partial charge in [-0.2, -0.15) is 0 Å². The van der Waals surface area contributed by atoms with Gasteiger partial charge in [0.05, 0.1) is 43.0 Å². The first-order valence-electron chi connectivity index (χ1n) is 13.1. The average molecular weight is 593 g/mol. The number of nitro groups is 2. The summed E-state index contributed by atoms with van der Waals surface area (Å²) in [5, 5.41) is 22.2. The van der Waals surface area contributed by atoms with Crippen molar-refractivity contribution >= 4 is 45.4 Å². The summed E-state index contributed by atoms with van der Waals surface area (Å²) in [4.78, 5) is 63.2. The molecule has 0 spiro atoms. The summed E-state index contributed by atoms with van der Waals surface area (Å²) in [6, 6.07) is 23.8. The Morgan fingerprint density at radius 2 is 0.955 bits per heavy atom. The van der Waals surface area contributed by atoms with Gasteiger partial charge in [0.2, 0.25) is 12.2 Å². The largest absolute Gasteiger partial charge is 0.446 e. The number of H-pyrrole nitrogens is 2. The van der Waals surface area contributed by atoms with E-state index in [0.29, 0.717) is 22.1 Å². The number of fused-ring (bicyclic) bond motifs is 2. The first kappa shape index (κ1) is 27.7. The lowest BCUT2D eigenvalue weighted by molar-refractivity contribution is -0.385. The molecule has 6 rings (SSSR count). The minimum absolute atomic E-state index is 0.00163. The third-order valence-corrected chi connectivity index (χ3v) is 6.73. The number of nitrogens with zero attached hydrogens (tertiary/aromatic N) is 4. The molecule has 14 nitrogen and oxygen atoms in total. The molecule has 0 bridgehead atoms. The molecule has 0 amide bonds. The molecular formula is C30H20N6O8. The van der Waals surface area contributed by atoms with Crippen LogP contribution in [0.2, 0.25) is 0 Å². The van der Waals surface area contributed by atoms with E-state index in [-0.39, 0.29) is 34.2 Å². The normalized spacial score (nSPS) is 12.5. The number of rotatable bonds is 9. The van der Waals surface area contributed by atoms with E-state index in [1.165, 1.54) is 24.3 Å². The molecule has 0 unspecified atom stereocenters. The molecular weight excluding hydrogens is 572 g/mol. The lowest BCUT2D eigenvalue weighted by Gasteiger charge is -2.24. The number of aromatic amines is 2. The minimum Gasteiger partial charge on any atom is -0.446 e. The molecule has 0 aliphatic rings. The number of nitrogens with one attached hydrogen (secondary N) is 2. The van der Waals surface area contributed by atoms with Crippen molar-refractivity contribution in [2.24, 2.45) is 0 Å². The number of non-ortho nitro benzene ring substituents is 2. The highest BCUT2D eigenvalue weighted by atomic mass is 16.6. The standard InChI is InChI=1S/C30H20N6O8/c37-29(17-9-13-19(14-10-17)35(39)40)43-25(27-31-21-5-1-2-6-22(21)32-27)26(28-33-23-7-3-4-8-24(23)34-28)44-30(38)18-11-15-20(16-12-18)36(41)42/h1-16,25-26H,(H,31,32)(H,33,34)/t25-,26+. The number of benzene rings is 4. The molecule has 218 valence electrons. The molecule has 0 aliphatic carbocycles. The molecule has 44 heavy (non-hydrogen) atoms. The number of imidazole rings is 2. The zero-order chi connectivity index (χ0) is 30.8. The first-order valence-corrected chi connectivity index (χ1v) is 13.1. The average Bonchev–Trinajstić information content (AvgIpc) is 3.67. The van der Waals surface area contributed by atoms with E-state index < -0.39 is 34.0 Å². The van der Waals surface area contributed by atoms with Gasteiger partial charge in [-0.05, 0) is 48.5 Å². The van der Waals surface area contributed by atoms with Gasteiger partial charge in [-0.25, -0.2) is 19.6 Å². The van der Waals surface area contributed by atoms with E-state index in [0.717, 1.165) is 24.3 Å². The molecule has 2 heterocycles. The first-order chi connectivity index (χ1) is 21.3. The highest BCUT2D eigenvalue weighted by Gasteiger charge is 2.37. The Morgan fingerprint density at radius 1 is 0.591 bits per heavy atom. The number of nitro benzene ring substituents is 2. The third kappa shape index (κ3) is 5.54. The topological polar surface area (TPSA) is 196 Å². The van der Waals surface area contributed by atoms with Crippen LogP contribution in [-0.2, 0) is 9.47 Å². The van der Waals surface area contributed by atoms with Crippen LogP contribution in [0.5, 0.6) is 0 Å². The lowest BCUT2D eigenvalue weighted by Crippen LogP contribution is -2.25. The Hall–Kier alpha value is -6.44. The maximum absolute atomic E-state index is 13.4. The van der Waals surface area contributed by atoms with Gasteiger partial charge in [0.1, 0.15) is 0 Å². The van der Waals surface area contributed by atoms with Crippen LogP contribution in [0.25, 0.3) is 22.1 Å². The predicted molar refractivity (Wildman–Crippen MR) is 155 cm³/mol. The van der Waals surface area contributed by atoms with Crippen LogP contribution < -0.4 is 0 Å². The van der Waals surface area contributed by atoms with Crippen molar-refractivity contribution in [1.82, 2.24) is 19.9 Å². The Bertz CT molecular complexity index is 1820. The van der Waals surface area contributed by atoms with Crippen LogP contribution in [-0.4, -0.2) is 41.7 Å². The number of hydrogen-bond donors (Lipinski definition) is 2. The number of carbonyl (C=O) groups excluding carboxylic acids is 2. The Kier molecular flexibility index (Phi) is 7.21. The van der Waals surface area contributed by atoms with Crippen LogP contribution in [0.15, 0.2) is 97.1 Å². The van der Waals surface area contributed by atoms with Crippen molar-refractivity contribution in [3.8, 4) is 0 Å². The van der Waals surface area contributed by atoms with E-state index in [2.05, 4.69) is 19.9 Å². The van der Waals surface area contributed by atoms with Crippen LogP contribution in [0.1, 0.15) is 44.6 Å². The number of ether oxygens (including phenoxy) is 2. The summed E-state index contributed by atoms with van der Waals surface area (Å²) in [7, 11) is 0. The third-order valence-electron chi connectivity index (χ3n) is 6.73. The molecule has 0 fully saturated rings. The summed E-state index contributed by atoms with van der Waals surface area (Å²) in [6.07, 6.45) is -2.79. The van der Waals surface area contributed by atoms with Gasteiger partial charge >= 0.3 is 11.9 Å². The highest BCUT2D eigenvalue weighted by Crippen LogP contribution is 2.36. The van der Waals surface area contributed by atoms with Crippen molar-refractivity contribution < 1.29 is 28.9 Å². The maximum Gasteiger partial charge on any atom is 0.339 e. The second-order valence-corrected chi connectivity index (χ2v) is 9.54. The van der Waals surface area contributed by atoms with Gasteiger partial charge in [-0.3, -0.25) is 20.2 Å². The molecule has 14 heteroatoms. The molecule has 0 aliphatic heterocycles. The molecule has 0 saturated heterocycles. The number of para-hydroxylation sites is 4. The second kappa shape index (κ2) is 11.4. The molecule has 0 saturated carbocycles. The van der Waals surface area contributed by atoms with E-state index in [9.17, 15) is 29.8 Å². The van der Waals surface area contributed by atoms with Gasteiger partial charge in [-0.15, -0.1) is 0 Å². The smallest absolute Gasteiger partial charge is 0.339 e. The fraction of sp³-hybridized carbons (Fsp3) is 0.0667. The van der Waals surface area contributed by atoms with Gasteiger partial charge in [0, 0.05) is 24.3 Å². The van der Waals surface area contributed by atoms with Crippen LogP contribution in [0, 0.1) is 20.2 Å². The van der Waals surface area contributed by atoms with Crippen molar-refractivity contribution in [3.63, 3.8) is 0 Å². The van der Waals surface area contributed by atoms with Gasteiger partial charge in [0.25, 0.3) is 11.4 Å². The summed E-state index contributed by atoms with van der Waals surface area (Å²) >= 11 is 0. The number of carbonyl (C=O) groups is 2. The summed E-state index contributed by atoms with van der Waals surface area (Å²) in [5.41, 5.74) is 1.89. The molecule has 2 N–H and O–H groups in total. The minimum atomic E-state index is -1.40. The van der Waals surface area contributed by atoms with Crippen LogP contribution in [0.4, 0.5) is 11.4 Å². The SMILES string of the molecule is O=C(O[C@H](c1nc2ccccc2[nH]1)[C@@H](OC(=O)c1ccc([N+](=O)[O-])cc1)c1nc2ccccc2[nH]1)c1ccc([N+](=O)[O-])cc1. The Morgan fingerprint density at radius 3 is 1.30 bits per heavy atom. The molecule has 6 aromatic rings. The molecule has 2 aromatic heterocycles. The van der Waals surface area contributed by atoms with Crippen LogP contribution >= 0.6 is 0 Å². The summed E-state index contributed by atoms with van der Waals surface area (Å²) < 4.78 is 11.8. The fourth-order valence-corrected chi connectivity index (χ4v) is 4.54. The van der Waals surface area contributed by atoms with Gasteiger partial charge < -0.3 is 19.4 Å². The fourth-order valence-electron chi connectivity index (χ4n) is 4.54. The van der Waals surface area contributed by atoms with E-state index in [1.54, 1.807) is 48.5 Å². The van der Waals surface area contributed by atoms with Gasteiger partial charge in [-0.1, -0.05) is 24.3 Å². The van der Waals surface area contributed by atoms with Crippen molar-refractivity contribution in [2.45, 2.75) is 12.2 Å². The van der Waals surface area contributed by atoms with Crippen molar-refractivity contribution in [3.05, 3.63) is 140 Å². The second-order valence-electron chi connectivity index (χ2n) is 9.54. The Balaban J connectivity index is 1.44. The van der Waals surface area contributed by atoms with E-state index in [4.69, 9.17) is 9.47 Å². The quantitative estimate of drug-likeness (QED) is 0.118. The van der Waals surface area contributed by atoms with Crippen molar-refractivity contribution in [2.75, 3.05) is 0 Å². The molecule has 4 aromatic carbocycles. The molecule has 2 atom stereocenters. The predicted octanol–water partition coefficient (Wildman–Crippen LogP) is 5.75. The van der Waals surface area contributed by atoms with E-state index in [1.807, 2.05) is 0 Å². The number of hydrogen-bond acceptors (Lipinski definition) is 10. The van der Waals surface area contributed by atoms with Crippen molar-refractivity contribution in [1.29, 1.82) is 0 Å². The number of aromatic nitrogens is 4. The Labute approximate surface area is 246 Å². The zero-order valence-electron chi connectivity index (χ0n) is 22.4. The molecule has 0 radical (unpaired) electrons. The zero-order valence-corrected chi connectivity index (χ0v) is 22.4. The van der Waals surface area contributed by atoms with Crippen LogP contribution in [0.3, 0.4) is 0 Å². The summed E-state index contributed by atoms with van der Waals surface area (Å²) in [6.45, 7) is 0. The lowest BCUT2D eigenvalue weighted by atomic mass is 10.1. The highest BCUT2D eigenvalue weighted by molar-refractivity contribution is 5.91. The number of esters is 2. The monoisotopic (exact) mass is 592 g/mol. The van der Waals surface area contributed by atoms with Gasteiger partial charge in [0.15, 0.2) is 11.6 Å².